The Balaban J connectivity index is 1.53. The van der Waals surface area contributed by atoms with Gasteiger partial charge in [-0.05, 0) is 70.4 Å². The largest absolute Gasteiger partial charge is 0.394 e. The van der Waals surface area contributed by atoms with Crippen LogP contribution in [0.2, 0.25) is 0 Å². The van der Waals surface area contributed by atoms with Crippen molar-refractivity contribution < 1.29 is 9.84 Å². The maximum Gasteiger partial charge on any atom is 0.0613 e. The van der Waals surface area contributed by atoms with Crippen molar-refractivity contribution in [3.8, 4) is 0 Å². The molecule has 0 amide bonds. The summed E-state index contributed by atoms with van der Waals surface area (Å²) in [4.78, 5) is 2.68. The Hall–Kier alpha value is -0.160. The number of hydrogen-bond acceptors (Lipinski definition) is 4. The molecule has 4 nitrogen and oxygen atoms in total. The van der Waals surface area contributed by atoms with E-state index in [2.05, 4.69) is 10.2 Å². The van der Waals surface area contributed by atoms with Gasteiger partial charge in [-0.2, -0.15) is 0 Å². The van der Waals surface area contributed by atoms with Crippen LogP contribution in [0.4, 0.5) is 0 Å². The van der Waals surface area contributed by atoms with Gasteiger partial charge in [0, 0.05) is 31.3 Å². The first-order valence-electron chi connectivity index (χ1n) is 8.86. The lowest BCUT2D eigenvalue weighted by molar-refractivity contribution is 0.0304. The second kappa shape index (κ2) is 6.95. The van der Waals surface area contributed by atoms with Crippen molar-refractivity contribution in [2.45, 2.75) is 69.0 Å². The predicted molar refractivity (Wildman–Crippen MR) is 84.4 cm³/mol. The Morgan fingerprint density at radius 3 is 2.57 bits per heavy atom. The molecule has 21 heavy (non-hydrogen) atoms. The van der Waals surface area contributed by atoms with Crippen molar-refractivity contribution in [3.63, 3.8) is 0 Å². The van der Waals surface area contributed by atoms with E-state index in [-0.39, 0.29) is 5.54 Å². The van der Waals surface area contributed by atoms with E-state index in [4.69, 9.17) is 4.74 Å². The number of ether oxygens (including phenoxy) is 1. The van der Waals surface area contributed by atoms with Gasteiger partial charge in [0.05, 0.1) is 6.61 Å². The Morgan fingerprint density at radius 1 is 1.19 bits per heavy atom. The molecule has 3 rings (SSSR count). The molecule has 0 radical (unpaired) electrons. The highest BCUT2D eigenvalue weighted by Crippen LogP contribution is 2.35. The number of aliphatic hydroxyl groups is 1. The summed E-state index contributed by atoms with van der Waals surface area (Å²) >= 11 is 0. The first kappa shape index (κ1) is 15.7. The quantitative estimate of drug-likeness (QED) is 0.784. The monoisotopic (exact) mass is 296 g/mol. The molecule has 2 atom stereocenters. The number of piperidine rings is 1. The third-order valence-electron chi connectivity index (χ3n) is 5.78. The summed E-state index contributed by atoms with van der Waals surface area (Å²) in [5.41, 5.74) is 0.00740. The van der Waals surface area contributed by atoms with Crippen LogP contribution in [0.1, 0.15) is 51.4 Å². The minimum atomic E-state index is 0.00740. The summed E-state index contributed by atoms with van der Waals surface area (Å²) in [5.74, 6) is 0.752. The maximum absolute atomic E-state index is 9.95. The average molecular weight is 296 g/mol. The van der Waals surface area contributed by atoms with Crippen LogP contribution in [0.25, 0.3) is 0 Å². The minimum Gasteiger partial charge on any atom is -0.394 e. The van der Waals surface area contributed by atoms with E-state index in [1.807, 2.05) is 7.11 Å². The van der Waals surface area contributed by atoms with Crippen molar-refractivity contribution in [3.05, 3.63) is 0 Å². The molecule has 1 aliphatic heterocycles. The Kier molecular flexibility index (Phi) is 5.20. The molecule has 0 bridgehead atoms. The summed E-state index contributed by atoms with van der Waals surface area (Å²) in [5, 5.41) is 13.7. The van der Waals surface area contributed by atoms with Crippen LogP contribution in [-0.2, 0) is 4.74 Å². The zero-order valence-electron chi connectivity index (χ0n) is 13.5. The van der Waals surface area contributed by atoms with Crippen LogP contribution in [0.5, 0.6) is 0 Å². The zero-order chi connectivity index (χ0) is 14.7. The van der Waals surface area contributed by atoms with E-state index in [1.165, 1.54) is 51.6 Å². The normalized spacial score (nSPS) is 36.0. The van der Waals surface area contributed by atoms with Crippen LogP contribution in [0, 0.1) is 5.92 Å². The molecule has 1 saturated heterocycles. The Labute approximate surface area is 129 Å². The highest BCUT2D eigenvalue weighted by Gasteiger charge is 2.41. The molecule has 2 unspecified atom stereocenters. The summed E-state index contributed by atoms with van der Waals surface area (Å²) in [6.07, 6.45) is 9.99. The van der Waals surface area contributed by atoms with Crippen molar-refractivity contribution >= 4 is 0 Å². The lowest BCUT2D eigenvalue weighted by atomic mass is 9.78. The third kappa shape index (κ3) is 3.98. The lowest BCUT2D eigenvalue weighted by Crippen LogP contribution is -2.57. The van der Waals surface area contributed by atoms with Crippen molar-refractivity contribution in [2.24, 2.45) is 5.92 Å². The first-order chi connectivity index (χ1) is 10.2. The van der Waals surface area contributed by atoms with Gasteiger partial charge in [0.1, 0.15) is 0 Å². The molecule has 2 aliphatic carbocycles. The van der Waals surface area contributed by atoms with E-state index in [1.54, 1.807) is 0 Å². The summed E-state index contributed by atoms with van der Waals surface area (Å²) in [7, 11) is 1.81. The number of methoxy groups -OCH3 is 1. The standard InChI is InChI=1S/C17H32N2O2/c1-21-12-14-6-9-19(10-7-14)16-3-2-8-17(11-16,13-20)18-15-4-5-15/h14-16,18,20H,2-13H2,1H3. The van der Waals surface area contributed by atoms with Crippen molar-refractivity contribution in [1.82, 2.24) is 10.2 Å². The fraction of sp³-hybridized carbons (Fsp3) is 1.00. The molecule has 0 spiro atoms. The average Bonchev–Trinajstić information content (AvgIpc) is 3.32. The molecule has 0 aromatic carbocycles. The van der Waals surface area contributed by atoms with E-state index in [0.29, 0.717) is 18.7 Å². The minimum absolute atomic E-state index is 0.00740. The summed E-state index contributed by atoms with van der Waals surface area (Å²) in [6.45, 7) is 3.65. The molecular weight excluding hydrogens is 264 g/mol. The number of aliphatic hydroxyl groups excluding tert-OH is 1. The molecule has 3 fully saturated rings. The van der Waals surface area contributed by atoms with Crippen LogP contribution in [0.15, 0.2) is 0 Å². The molecule has 2 N–H and O–H groups in total. The molecule has 0 aromatic rings. The van der Waals surface area contributed by atoms with E-state index >= 15 is 0 Å². The zero-order valence-corrected chi connectivity index (χ0v) is 13.5. The van der Waals surface area contributed by atoms with Crippen LogP contribution in [-0.4, -0.2) is 61.0 Å². The van der Waals surface area contributed by atoms with Gasteiger partial charge in [0.15, 0.2) is 0 Å². The predicted octanol–water partition coefficient (Wildman–Crippen LogP) is 1.77. The number of hydrogen-bond donors (Lipinski definition) is 2. The Bertz CT molecular complexity index is 327. The molecule has 4 heteroatoms. The van der Waals surface area contributed by atoms with Crippen LogP contribution >= 0.6 is 0 Å². The SMILES string of the molecule is COCC1CCN(C2CCCC(CO)(NC3CC3)C2)CC1. The lowest BCUT2D eigenvalue weighted by Gasteiger charge is -2.46. The van der Waals surface area contributed by atoms with Gasteiger partial charge < -0.3 is 20.1 Å². The molecule has 3 aliphatic rings. The Morgan fingerprint density at radius 2 is 1.95 bits per heavy atom. The number of nitrogens with zero attached hydrogens (tertiary/aromatic N) is 1. The van der Waals surface area contributed by atoms with Crippen molar-refractivity contribution in [2.75, 3.05) is 33.4 Å². The van der Waals surface area contributed by atoms with E-state index < -0.39 is 0 Å². The number of rotatable bonds is 6. The van der Waals surface area contributed by atoms with Gasteiger partial charge in [-0.1, -0.05) is 0 Å². The number of nitrogens with one attached hydrogen (secondary N) is 1. The van der Waals surface area contributed by atoms with E-state index in [0.717, 1.165) is 25.4 Å². The van der Waals surface area contributed by atoms with Gasteiger partial charge in [-0.15, -0.1) is 0 Å². The van der Waals surface area contributed by atoms with Crippen LogP contribution in [0.3, 0.4) is 0 Å². The second-order valence-electron chi connectivity index (χ2n) is 7.54. The second-order valence-corrected chi connectivity index (χ2v) is 7.54. The topological polar surface area (TPSA) is 44.7 Å². The van der Waals surface area contributed by atoms with Gasteiger partial charge >= 0.3 is 0 Å². The molecule has 2 saturated carbocycles. The molecule has 122 valence electrons. The molecule has 1 heterocycles. The third-order valence-corrected chi connectivity index (χ3v) is 5.78. The van der Waals surface area contributed by atoms with Gasteiger partial charge in [0.25, 0.3) is 0 Å². The van der Waals surface area contributed by atoms with Gasteiger partial charge in [-0.3, -0.25) is 0 Å². The van der Waals surface area contributed by atoms with Gasteiger partial charge in [0.2, 0.25) is 0 Å². The fourth-order valence-electron chi connectivity index (χ4n) is 4.34. The van der Waals surface area contributed by atoms with Gasteiger partial charge in [-0.25, -0.2) is 0 Å². The maximum atomic E-state index is 9.95. The van der Waals surface area contributed by atoms with E-state index in [9.17, 15) is 5.11 Å². The first-order valence-corrected chi connectivity index (χ1v) is 8.86. The smallest absolute Gasteiger partial charge is 0.0613 e. The fourth-order valence-corrected chi connectivity index (χ4v) is 4.34. The van der Waals surface area contributed by atoms with Crippen LogP contribution < -0.4 is 5.32 Å². The summed E-state index contributed by atoms with van der Waals surface area (Å²) < 4.78 is 5.30. The summed E-state index contributed by atoms with van der Waals surface area (Å²) in [6, 6.07) is 1.35. The number of likely N-dealkylation sites (tertiary alicyclic amines) is 1. The molecular formula is C17H32N2O2. The highest BCUT2D eigenvalue weighted by molar-refractivity contribution is 5.01. The molecule has 0 aromatic heterocycles. The van der Waals surface area contributed by atoms with Crippen molar-refractivity contribution in [1.29, 1.82) is 0 Å². The highest BCUT2D eigenvalue weighted by atomic mass is 16.5.